The highest BCUT2D eigenvalue weighted by Gasteiger charge is 2.12. The van der Waals surface area contributed by atoms with Crippen molar-refractivity contribution in [2.24, 2.45) is 7.05 Å². The van der Waals surface area contributed by atoms with Crippen molar-refractivity contribution in [1.29, 1.82) is 0 Å². The van der Waals surface area contributed by atoms with E-state index in [9.17, 15) is 9.59 Å². The van der Waals surface area contributed by atoms with Crippen LogP contribution in [0.5, 0.6) is 0 Å². The Bertz CT molecular complexity index is 635. The van der Waals surface area contributed by atoms with Crippen molar-refractivity contribution in [1.82, 2.24) is 15.1 Å². The molecule has 0 aliphatic carbocycles. The molecule has 0 saturated carbocycles. The zero-order valence-electron chi connectivity index (χ0n) is 10.8. The zero-order valence-corrected chi connectivity index (χ0v) is 10.8. The molecule has 0 spiro atoms. The van der Waals surface area contributed by atoms with E-state index in [0.29, 0.717) is 0 Å². The highest BCUT2D eigenvalue weighted by atomic mass is 16.2. The monoisotopic (exact) mass is 257 g/mol. The molecular formula is C14H15N3O2. The van der Waals surface area contributed by atoms with E-state index in [2.05, 4.69) is 10.4 Å². The summed E-state index contributed by atoms with van der Waals surface area (Å²) in [5.74, 6) is -0.299. The molecule has 1 N–H and O–H groups in total. The maximum Gasteiger partial charge on any atom is 0.272 e. The second-order valence-corrected chi connectivity index (χ2v) is 4.29. The summed E-state index contributed by atoms with van der Waals surface area (Å²) in [5, 5.41) is 6.75. The van der Waals surface area contributed by atoms with Crippen molar-refractivity contribution >= 4 is 5.91 Å². The molecule has 0 radical (unpaired) electrons. The van der Waals surface area contributed by atoms with Crippen LogP contribution < -0.4 is 10.9 Å². The summed E-state index contributed by atoms with van der Waals surface area (Å²) in [5.41, 5.74) is 0.998. The van der Waals surface area contributed by atoms with Gasteiger partial charge in [-0.05, 0) is 18.6 Å². The van der Waals surface area contributed by atoms with Crippen molar-refractivity contribution in [2.45, 2.75) is 13.0 Å². The lowest BCUT2D eigenvalue weighted by atomic mass is 10.1. The van der Waals surface area contributed by atoms with Crippen LogP contribution in [0, 0.1) is 0 Å². The number of nitrogens with one attached hydrogen (secondary N) is 1. The molecule has 1 heterocycles. The molecule has 1 unspecified atom stereocenters. The minimum Gasteiger partial charge on any atom is -0.344 e. The lowest BCUT2D eigenvalue weighted by Crippen LogP contribution is -2.30. The average molecular weight is 257 g/mol. The summed E-state index contributed by atoms with van der Waals surface area (Å²) < 4.78 is 1.14. The molecule has 2 rings (SSSR count). The number of aryl methyl sites for hydroxylation is 1. The van der Waals surface area contributed by atoms with Gasteiger partial charge in [-0.3, -0.25) is 9.59 Å². The Labute approximate surface area is 110 Å². The third-order valence-electron chi connectivity index (χ3n) is 2.84. The van der Waals surface area contributed by atoms with Crippen molar-refractivity contribution in [3.63, 3.8) is 0 Å². The van der Waals surface area contributed by atoms with E-state index in [1.165, 1.54) is 19.2 Å². The van der Waals surface area contributed by atoms with Crippen LogP contribution in [0.25, 0.3) is 0 Å². The average Bonchev–Trinajstić information content (AvgIpc) is 2.42. The quantitative estimate of drug-likeness (QED) is 0.900. The van der Waals surface area contributed by atoms with Crippen molar-refractivity contribution < 1.29 is 4.79 Å². The number of hydrogen-bond donors (Lipinski definition) is 1. The van der Waals surface area contributed by atoms with Crippen LogP contribution in [-0.4, -0.2) is 15.7 Å². The molecule has 19 heavy (non-hydrogen) atoms. The van der Waals surface area contributed by atoms with Crippen LogP contribution in [0.2, 0.25) is 0 Å². The molecular weight excluding hydrogens is 242 g/mol. The Hall–Kier alpha value is -2.43. The molecule has 98 valence electrons. The first-order valence-corrected chi connectivity index (χ1v) is 5.98. The molecule has 1 aromatic heterocycles. The second kappa shape index (κ2) is 5.48. The third-order valence-corrected chi connectivity index (χ3v) is 2.84. The van der Waals surface area contributed by atoms with Gasteiger partial charge in [-0.2, -0.15) is 5.10 Å². The molecule has 0 aliphatic rings. The molecule has 0 fully saturated rings. The minimum atomic E-state index is -0.299. The first-order valence-electron chi connectivity index (χ1n) is 5.98. The van der Waals surface area contributed by atoms with Gasteiger partial charge in [-0.15, -0.1) is 0 Å². The van der Waals surface area contributed by atoms with Crippen molar-refractivity contribution in [3.05, 3.63) is 64.1 Å². The van der Waals surface area contributed by atoms with E-state index in [4.69, 9.17) is 0 Å². The minimum absolute atomic E-state index is 0.118. The van der Waals surface area contributed by atoms with Gasteiger partial charge in [0, 0.05) is 13.1 Å². The maximum absolute atomic E-state index is 12.0. The van der Waals surface area contributed by atoms with Gasteiger partial charge in [0.05, 0.1) is 6.04 Å². The number of hydrogen-bond acceptors (Lipinski definition) is 3. The van der Waals surface area contributed by atoms with Gasteiger partial charge in [-0.1, -0.05) is 30.3 Å². The Kier molecular flexibility index (Phi) is 3.75. The fraction of sp³-hybridized carbons (Fsp3) is 0.214. The number of benzene rings is 1. The number of amides is 1. The highest BCUT2D eigenvalue weighted by molar-refractivity contribution is 5.92. The maximum atomic E-state index is 12.0. The van der Waals surface area contributed by atoms with E-state index in [0.717, 1.165) is 10.2 Å². The fourth-order valence-electron chi connectivity index (χ4n) is 1.72. The van der Waals surface area contributed by atoms with E-state index in [1.807, 2.05) is 37.3 Å². The van der Waals surface area contributed by atoms with E-state index < -0.39 is 0 Å². The Morgan fingerprint density at radius 2 is 1.89 bits per heavy atom. The molecule has 5 heteroatoms. The number of carbonyl (C=O) groups excluding carboxylic acids is 1. The third kappa shape index (κ3) is 3.07. The van der Waals surface area contributed by atoms with Gasteiger partial charge in [0.1, 0.15) is 5.69 Å². The topological polar surface area (TPSA) is 64.0 Å². The largest absolute Gasteiger partial charge is 0.344 e. The zero-order chi connectivity index (χ0) is 13.8. The van der Waals surface area contributed by atoms with Gasteiger partial charge in [-0.25, -0.2) is 4.68 Å². The Morgan fingerprint density at radius 3 is 2.53 bits per heavy atom. The molecule has 1 aromatic carbocycles. The molecule has 2 aromatic rings. The van der Waals surface area contributed by atoms with E-state index in [-0.39, 0.29) is 23.2 Å². The summed E-state index contributed by atoms with van der Waals surface area (Å²) in [4.78, 5) is 23.2. The number of aromatic nitrogens is 2. The highest BCUT2D eigenvalue weighted by Crippen LogP contribution is 2.11. The second-order valence-electron chi connectivity index (χ2n) is 4.29. The lowest BCUT2D eigenvalue weighted by molar-refractivity contribution is 0.0932. The molecule has 5 nitrogen and oxygen atoms in total. The summed E-state index contributed by atoms with van der Waals surface area (Å²) in [6.07, 6.45) is 0. The molecule has 0 bridgehead atoms. The SMILES string of the molecule is CC(NC(=O)c1ccc(=O)n(C)n1)c1ccccc1. The summed E-state index contributed by atoms with van der Waals surface area (Å²) >= 11 is 0. The van der Waals surface area contributed by atoms with Crippen LogP contribution in [0.15, 0.2) is 47.3 Å². The van der Waals surface area contributed by atoms with Gasteiger partial charge < -0.3 is 5.32 Å². The predicted octanol–water partition coefficient (Wildman–Crippen LogP) is 1.27. The normalized spacial score (nSPS) is 11.9. The van der Waals surface area contributed by atoms with Gasteiger partial charge >= 0.3 is 0 Å². The van der Waals surface area contributed by atoms with E-state index in [1.54, 1.807) is 0 Å². The summed E-state index contributed by atoms with van der Waals surface area (Å²) in [7, 11) is 1.51. The van der Waals surface area contributed by atoms with Crippen LogP contribution in [0.1, 0.15) is 29.0 Å². The fourth-order valence-corrected chi connectivity index (χ4v) is 1.72. The standard InChI is InChI=1S/C14H15N3O2/c1-10(11-6-4-3-5-7-11)15-14(19)12-8-9-13(18)17(2)16-12/h3-10H,1-2H3,(H,15,19). The summed E-state index contributed by atoms with van der Waals surface area (Å²) in [6.45, 7) is 1.90. The smallest absolute Gasteiger partial charge is 0.272 e. The van der Waals surface area contributed by atoms with Crippen LogP contribution in [0.4, 0.5) is 0 Å². The number of carbonyl (C=O) groups is 1. The van der Waals surface area contributed by atoms with Gasteiger partial charge in [0.15, 0.2) is 0 Å². The van der Waals surface area contributed by atoms with Crippen LogP contribution in [0.3, 0.4) is 0 Å². The van der Waals surface area contributed by atoms with Gasteiger partial charge in [0.25, 0.3) is 11.5 Å². The predicted molar refractivity (Wildman–Crippen MR) is 71.8 cm³/mol. The van der Waals surface area contributed by atoms with Crippen molar-refractivity contribution in [3.8, 4) is 0 Å². The Morgan fingerprint density at radius 1 is 1.21 bits per heavy atom. The molecule has 0 saturated heterocycles. The number of rotatable bonds is 3. The molecule has 0 aliphatic heterocycles. The first-order chi connectivity index (χ1) is 9.08. The molecule has 1 atom stereocenters. The van der Waals surface area contributed by atoms with Crippen molar-refractivity contribution in [2.75, 3.05) is 0 Å². The number of nitrogens with zero attached hydrogens (tertiary/aromatic N) is 2. The van der Waals surface area contributed by atoms with Crippen LogP contribution in [-0.2, 0) is 7.05 Å². The van der Waals surface area contributed by atoms with Gasteiger partial charge in [0.2, 0.25) is 0 Å². The van der Waals surface area contributed by atoms with Crippen LogP contribution >= 0.6 is 0 Å². The first kappa shape index (κ1) is 13.0. The lowest BCUT2D eigenvalue weighted by Gasteiger charge is -2.13. The Balaban J connectivity index is 2.13. The summed E-state index contributed by atoms with van der Waals surface area (Å²) in [6, 6.07) is 12.3. The van der Waals surface area contributed by atoms with E-state index >= 15 is 0 Å². The molecule has 1 amide bonds.